The van der Waals surface area contributed by atoms with Crippen molar-refractivity contribution in [2.75, 3.05) is 13.1 Å². The van der Waals surface area contributed by atoms with Crippen molar-refractivity contribution in [3.8, 4) is 0 Å². The van der Waals surface area contributed by atoms with Crippen molar-refractivity contribution in [3.05, 3.63) is 69.2 Å². The summed E-state index contributed by atoms with van der Waals surface area (Å²) in [4.78, 5) is 13.0. The van der Waals surface area contributed by atoms with Crippen molar-refractivity contribution in [1.29, 1.82) is 0 Å². The Morgan fingerprint density at radius 2 is 1.87 bits per heavy atom. The molecule has 166 valence electrons. The van der Waals surface area contributed by atoms with E-state index >= 15 is 0 Å². The molecule has 5 nitrogen and oxygen atoms in total. The van der Waals surface area contributed by atoms with E-state index < -0.39 is 10.0 Å². The number of hydrogen-bond donors (Lipinski definition) is 1. The molecule has 1 amide bonds. The number of aryl methyl sites for hydroxylation is 1. The molecular weight excluding hydrogens is 455 g/mol. The Labute approximate surface area is 193 Å². The lowest BCUT2D eigenvalue weighted by atomic mass is 9.87. The molecule has 1 aliphatic heterocycles. The third-order valence-corrected chi connectivity index (χ3v) is 8.72. The Balaban J connectivity index is 1.42. The van der Waals surface area contributed by atoms with Gasteiger partial charge in [0.1, 0.15) is 0 Å². The lowest BCUT2D eigenvalue weighted by Gasteiger charge is -2.33. The second-order valence-corrected chi connectivity index (χ2v) is 11.1. The Morgan fingerprint density at radius 1 is 1.06 bits per heavy atom. The molecule has 0 spiro atoms. The molecule has 2 aromatic rings. The summed E-state index contributed by atoms with van der Waals surface area (Å²) in [6.07, 6.45) is 4.34. The number of hydrogen-bond acceptors (Lipinski definition) is 3. The van der Waals surface area contributed by atoms with Gasteiger partial charge >= 0.3 is 0 Å². The highest BCUT2D eigenvalue weighted by Crippen LogP contribution is 2.31. The maximum atomic E-state index is 13.0. The highest BCUT2D eigenvalue weighted by molar-refractivity contribution is 7.88. The summed E-state index contributed by atoms with van der Waals surface area (Å²) in [6, 6.07) is 13.1. The van der Waals surface area contributed by atoms with Crippen molar-refractivity contribution in [1.82, 2.24) is 9.62 Å². The van der Waals surface area contributed by atoms with E-state index in [1.807, 2.05) is 12.1 Å². The number of carbonyl (C=O) groups is 1. The van der Waals surface area contributed by atoms with Crippen LogP contribution in [-0.4, -0.2) is 31.7 Å². The number of rotatable bonds is 5. The Hall–Kier alpha value is -1.60. The van der Waals surface area contributed by atoms with E-state index in [1.54, 1.807) is 18.2 Å². The molecule has 0 saturated carbocycles. The molecule has 4 rings (SSSR count). The first-order valence-electron chi connectivity index (χ1n) is 10.6. The lowest BCUT2D eigenvalue weighted by molar-refractivity contribution is -0.127. The summed E-state index contributed by atoms with van der Waals surface area (Å²) in [5, 5.41) is 3.91. The van der Waals surface area contributed by atoms with Gasteiger partial charge in [0.15, 0.2) is 0 Å². The quantitative estimate of drug-likeness (QED) is 0.672. The first-order valence-corrected chi connectivity index (χ1v) is 13.0. The van der Waals surface area contributed by atoms with Crippen LogP contribution in [0.2, 0.25) is 10.0 Å². The second-order valence-electron chi connectivity index (χ2n) is 8.35. The molecular formula is C23H26Cl2N2O3S. The maximum absolute atomic E-state index is 13.0. The SMILES string of the molecule is O=C(N[C@H]1CCCc2ccccc21)[C@@H]1CCCN(S(=O)(=O)Cc2ccc(Cl)c(Cl)c2)C1. The number of carbonyl (C=O) groups excluding carboxylic acids is 1. The average molecular weight is 481 g/mol. The van der Waals surface area contributed by atoms with Gasteiger partial charge in [0.25, 0.3) is 0 Å². The molecule has 0 bridgehead atoms. The number of fused-ring (bicyclic) bond motifs is 1. The van der Waals surface area contributed by atoms with Gasteiger partial charge in [-0.25, -0.2) is 12.7 Å². The van der Waals surface area contributed by atoms with E-state index in [1.165, 1.54) is 15.4 Å². The van der Waals surface area contributed by atoms with Gasteiger partial charge in [0.2, 0.25) is 15.9 Å². The van der Waals surface area contributed by atoms with Crippen LogP contribution in [0.4, 0.5) is 0 Å². The molecule has 2 atom stereocenters. The molecule has 0 unspecified atom stereocenters. The first kappa shape index (κ1) is 22.6. The van der Waals surface area contributed by atoms with Crippen molar-refractivity contribution in [2.24, 2.45) is 5.92 Å². The fraction of sp³-hybridized carbons (Fsp3) is 0.435. The third kappa shape index (κ3) is 5.25. The number of benzene rings is 2. The average Bonchev–Trinajstić information content (AvgIpc) is 2.76. The first-order chi connectivity index (χ1) is 14.8. The minimum absolute atomic E-state index is 0.000595. The number of piperidine rings is 1. The lowest BCUT2D eigenvalue weighted by Crippen LogP contribution is -2.46. The van der Waals surface area contributed by atoms with Gasteiger partial charge in [0, 0.05) is 13.1 Å². The van der Waals surface area contributed by atoms with Gasteiger partial charge in [-0.2, -0.15) is 0 Å². The van der Waals surface area contributed by atoms with Crippen LogP contribution in [0.15, 0.2) is 42.5 Å². The van der Waals surface area contributed by atoms with E-state index in [2.05, 4.69) is 17.4 Å². The zero-order valence-electron chi connectivity index (χ0n) is 17.2. The van der Waals surface area contributed by atoms with Crippen molar-refractivity contribution < 1.29 is 13.2 Å². The van der Waals surface area contributed by atoms with Crippen LogP contribution < -0.4 is 5.32 Å². The second kappa shape index (κ2) is 9.49. The summed E-state index contributed by atoms with van der Waals surface area (Å²) in [7, 11) is -3.56. The molecule has 2 aliphatic rings. The molecule has 1 N–H and O–H groups in total. The summed E-state index contributed by atoms with van der Waals surface area (Å²) in [5.41, 5.74) is 3.05. The number of halogens is 2. The van der Waals surface area contributed by atoms with Crippen LogP contribution >= 0.6 is 23.2 Å². The third-order valence-electron chi connectivity index (χ3n) is 6.17. The molecule has 1 heterocycles. The highest BCUT2D eigenvalue weighted by atomic mass is 35.5. The minimum Gasteiger partial charge on any atom is -0.349 e. The van der Waals surface area contributed by atoms with E-state index in [-0.39, 0.29) is 30.2 Å². The molecule has 0 radical (unpaired) electrons. The van der Waals surface area contributed by atoms with Crippen molar-refractivity contribution in [2.45, 2.75) is 43.9 Å². The fourth-order valence-electron chi connectivity index (χ4n) is 4.53. The van der Waals surface area contributed by atoms with E-state index in [0.29, 0.717) is 35.0 Å². The van der Waals surface area contributed by atoms with E-state index in [4.69, 9.17) is 23.2 Å². The molecule has 8 heteroatoms. The zero-order valence-corrected chi connectivity index (χ0v) is 19.5. The number of sulfonamides is 1. The predicted molar refractivity (Wildman–Crippen MR) is 124 cm³/mol. The predicted octanol–water partition coefficient (Wildman–Crippen LogP) is 4.73. The monoisotopic (exact) mass is 480 g/mol. The smallest absolute Gasteiger partial charge is 0.224 e. The van der Waals surface area contributed by atoms with Gasteiger partial charge in [-0.1, -0.05) is 53.5 Å². The zero-order chi connectivity index (χ0) is 22.0. The van der Waals surface area contributed by atoms with Crippen molar-refractivity contribution >= 4 is 39.1 Å². The van der Waals surface area contributed by atoms with Crippen LogP contribution in [0.1, 0.15) is 48.4 Å². The topological polar surface area (TPSA) is 66.5 Å². The number of nitrogens with zero attached hydrogens (tertiary/aromatic N) is 1. The van der Waals surface area contributed by atoms with Gasteiger partial charge in [-0.05, 0) is 60.9 Å². The van der Waals surface area contributed by atoms with Crippen LogP contribution in [0.5, 0.6) is 0 Å². The standard InChI is InChI=1S/C23H26Cl2N2O3S/c24-20-11-10-16(13-21(20)25)15-31(29,30)27-12-4-7-18(14-27)23(28)26-22-9-3-6-17-5-1-2-8-19(17)22/h1-2,5,8,10-11,13,18,22H,3-4,6-7,9,12,14-15H2,(H,26,28)/t18-,22+/m1/s1. The van der Waals surface area contributed by atoms with E-state index in [9.17, 15) is 13.2 Å². The van der Waals surface area contributed by atoms with E-state index in [0.717, 1.165) is 19.3 Å². The molecule has 0 aromatic heterocycles. The molecule has 1 saturated heterocycles. The molecule has 1 aliphatic carbocycles. The normalized spacial score (nSPS) is 22.0. The summed E-state index contributed by atoms with van der Waals surface area (Å²) in [6.45, 7) is 0.642. The summed E-state index contributed by atoms with van der Waals surface area (Å²) < 4.78 is 27.4. The maximum Gasteiger partial charge on any atom is 0.224 e. The van der Waals surface area contributed by atoms with Gasteiger partial charge in [0.05, 0.1) is 27.8 Å². The van der Waals surface area contributed by atoms with Crippen LogP contribution in [0, 0.1) is 5.92 Å². The highest BCUT2D eigenvalue weighted by Gasteiger charge is 2.33. The van der Waals surface area contributed by atoms with Gasteiger partial charge in [-0.15, -0.1) is 0 Å². The fourth-order valence-corrected chi connectivity index (χ4v) is 6.45. The van der Waals surface area contributed by atoms with Crippen LogP contribution in [0.25, 0.3) is 0 Å². The number of nitrogens with one attached hydrogen (secondary N) is 1. The Bertz CT molecular complexity index is 1070. The van der Waals surface area contributed by atoms with Gasteiger partial charge < -0.3 is 5.32 Å². The van der Waals surface area contributed by atoms with Crippen LogP contribution in [-0.2, 0) is 27.0 Å². The Morgan fingerprint density at radius 3 is 2.68 bits per heavy atom. The number of amides is 1. The molecule has 1 fully saturated rings. The van der Waals surface area contributed by atoms with Crippen molar-refractivity contribution in [3.63, 3.8) is 0 Å². The molecule has 2 aromatic carbocycles. The van der Waals surface area contributed by atoms with Crippen LogP contribution in [0.3, 0.4) is 0 Å². The summed E-state index contributed by atoms with van der Waals surface area (Å²) in [5.74, 6) is -0.559. The van der Waals surface area contributed by atoms with Gasteiger partial charge in [-0.3, -0.25) is 4.79 Å². The minimum atomic E-state index is -3.56. The Kier molecular flexibility index (Phi) is 6.92. The summed E-state index contributed by atoms with van der Waals surface area (Å²) >= 11 is 12.0. The largest absolute Gasteiger partial charge is 0.349 e. The molecule has 31 heavy (non-hydrogen) atoms.